The first-order valence-electron chi connectivity index (χ1n) is 3.98. The van der Waals surface area contributed by atoms with Gasteiger partial charge < -0.3 is 11.5 Å². The fourth-order valence-corrected chi connectivity index (χ4v) is 1.52. The Bertz CT molecular complexity index is 459. The summed E-state index contributed by atoms with van der Waals surface area (Å²) < 4.78 is 38.0. The predicted octanol–water partition coefficient (Wildman–Crippen LogP) is 1.74. The number of carbonyl (C=O) groups excluding carboxylic acids is 1. The number of alkyl halides is 3. The van der Waals surface area contributed by atoms with E-state index in [9.17, 15) is 18.0 Å². The van der Waals surface area contributed by atoms with Crippen LogP contribution in [0, 0.1) is 6.92 Å². The van der Waals surface area contributed by atoms with E-state index < -0.39 is 34.1 Å². The molecule has 1 rings (SSSR count). The Labute approximate surface area is 93.4 Å². The van der Waals surface area contributed by atoms with Crippen molar-refractivity contribution in [3.8, 4) is 0 Å². The molecule has 0 aliphatic heterocycles. The SMILES string of the molecule is Cc1nc(Cl)c(C(N)=O)c(C(F)(F)F)c1N. The van der Waals surface area contributed by atoms with Gasteiger partial charge in [0.25, 0.3) is 5.91 Å². The first-order chi connectivity index (χ1) is 7.16. The Morgan fingerprint density at radius 1 is 1.44 bits per heavy atom. The van der Waals surface area contributed by atoms with E-state index in [1.807, 2.05) is 0 Å². The number of hydrogen-bond donors (Lipinski definition) is 2. The minimum atomic E-state index is -4.81. The van der Waals surface area contributed by atoms with Crippen LogP contribution in [0.5, 0.6) is 0 Å². The summed E-state index contributed by atoms with van der Waals surface area (Å²) in [5.74, 6) is -1.32. The van der Waals surface area contributed by atoms with Crippen molar-refractivity contribution in [1.29, 1.82) is 0 Å². The van der Waals surface area contributed by atoms with Crippen molar-refractivity contribution in [2.75, 3.05) is 5.73 Å². The predicted molar refractivity (Wildman–Crippen MR) is 51.9 cm³/mol. The highest BCUT2D eigenvalue weighted by Crippen LogP contribution is 2.39. The molecule has 88 valence electrons. The summed E-state index contributed by atoms with van der Waals surface area (Å²) in [6, 6.07) is 0. The topological polar surface area (TPSA) is 82.0 Å². The number of anilines is 1. The van der Waals surface area contributed by atoms with Gasteiger partial charge in [-0.1, -0.05) is 11.6 Å². The monoisotopic (exact) mass is 253 g/mol. The number of primary amides is 1. The second-order valence-electron chi connectivity index (χ2n) is 3.01. The van der Waals surface area contributed by atoms with Gasteiger partial charge >= 0.3 is 6.18 Å². The highest BCUT2D eigenvalue weighted by Gasteiger charge is 2.39. The summed E-state index contributed by atoms with van der Waals surface area (Å²) in [7, 11) is 0. The van der Waals surface area contributed by atoms with E-state index in [1.54, 1.807) is 0 Å². The van der Waals surface area contributed by atoms with Crippen LogP contribution in [0.15, 0.2) is 0 Å². The van der Waals surface area contributed by atoms with E-state index in [1.165, 1.54) is 6.92 Å². The molecule has 0 spiro atoms. The number of pyridine rings is 1. The van der Waals surface area contributed by atoms with Crippen LogP contribution in [0.2, 0.25) is 5.15 Å². The molecule has 0 aliphatic carbocycles. The number of rotatable bonds is 1. The van der Waals surface area contributed by atoms with Crippen LogP contribution in [-0.4, -0.2) is 10.9 Å². The number of aryl methyl sites for hydroxylation is 1. The largest absolute Gasteiger partial charge is 0.419 e. The van der Waals surface area contributed by atoms with E-state index in [0.29, 0.717) is 0 Å². The zero-order valence-corrected chi connectivity index (χ0v) is 8.78. The summed E-state index contributed by atoms with van der Waals surface area (Å²) in [5.41, 5.74) is 7.04. The maximum atomic E-state index is 12.7. The van der Waals surface area contributed by atoms with Crippen molar-refractivity contribution in [3.63, 3.8) is 0 Å². The van der Waals surface area contributed by atoms with Crippen molar-refractivity contribution in [1.82, 2.24) is 4.98 Å². The average Bonchev–Trinajstić information content (AvgIpc) is 2.07. The third kappa shape index (κ3) is 2.04. The maximum Gasteiger partial charge on any atom is 0.419 e. The van der Waals surface area contributed by atoms with Gasteiger partial charge in [0.05, 0.1) is 22.5 Å². The number of aromatic nitrogens is 1. The van der Waals surface area contributed by atoms with Crippen LogP contribution in [0.3, 0.4) is 0 Å². The van der Waals surface area contributed by atoms with Crippen LogP contribution in [0.1, 0.15) is 21.6 Å². The molecule has 16 heavy (non-hydrogen) atoms. The van der Waals surface area contributed by atoms with Crippen molar-refractivity contribution in [2.24, 2.45) is 5.73 Å². The minimum Gasteiger partial charge on any atom is -0.397 e. The Hall–Kier alpha value is -1.50. The van der Waals surface area contributed by atoms with Crippen LogP contribution < -0.4 is 11.5 Å². The summed E-state index contributed by atoms with van der Waals surface area (Å²) in [6.45, 7) is 1.25. The first kappa shape index (κ1) is 12.6. The fraction of sp³-hybridized carbons (Fsp3) is 0.250. The summed E-state index contributed by atoms with van der Waals surface area (Å²) in [5, 5.41) is -0.605. The smallest absolute Gasteiger partial charge is 0.397 e. The zero-order valence-electron chi connectivity index (χ0n) is 8.02. The summed E-state index contributed by atoms with van der Waals surface area (Å²) in [4.78, 5) is 14.4. The van der Waals surface area contributed by atoms with E-state index in [4.69, 9.17) is 23.1 Å². The molecule has 8 heteroatoms. The number of carbonyl (C=O) groups is 1. The molecule has 0 radical (unpaired) electrons. The number of nitrogens with two attached hydrogens (primary N) is 2. The lowest BCUT2D eigenvalue weighted by molar-refractivity contribution is -0.137. The second kappa shape index (κ2) is 3.82. The van der Waals surface area contributed by atoms with Crippen molar-refractivity contribution >= 4 is 23.2 Å². The minimum absolute atomic E-state index is 0.109. The average molecular weight is 254 g/mol. The van der Waals surface area contributed by atoms with Gasteiger partial charge in [0.1, 0.15) is 5.15 Å². The van der Waals surface area contributed by atoms with Gasteiger partial charge in [-0.25, -0.2) is 4.98 Å². The van der Waals surface area contributed by atoms with E-state index >= 15 is 0 Å². The Kier molecular flexibility index (Phi) is 3.00. The summed E-state index contributed by atoms with van der Waals surface area (Å²) >= 11 is 5.44. The lowest BCUT2D eigenvalue weighted by Gasteiger charge is -2.15. The van der Waals surface area contributed by atoms with Gasteiger partial charge in [0.2, 0.25) is 0 Å². The molecule has 0 atom stereocenters. The van der Waals surface area contributed by atoms with Gasteiger partial charge in [0, 0.05) is 0 Å². The van der Waals surface area contributed by atoms with E-state index in [-0.39, 0.29) is 5.69 Å². The van der Waals surface area contributed by atoms with E-state index in [0.717, 1.165) is 0 Å². The van der Waals surface area contributed by atoms with Crippen molar-refractivity contribution < 1.29 is 18.0 Å². The lowest BCUT2D eigenvalue weighted by atomic mass is 10.1. The standard InChI is InChI=1S/C8H7ClF3N3O/c1-2-5(13)4(8(10,11)12)3(7(14)16)6(9)15-2/h13H2,1H3,(H2,14,16). The second-order valence-corrected chi connectivity index (χ2v) is 3.37. The molecule has 0 saturated carbocycles. The molecule has 0 unspecified atom stereocenters. The molecule has 0 fully saturated rings. The molecule has 0 saturated heterocycles. The number of nitrogens with zero attached hydrogens (tertiary/aromatic N) is 1. The highest BCUT2D eigenvalue weighted by molar-refractivity contribution is 6.33. The normalized spacial score (nSPS) is 11.6. The van der Waals surface area contributed by atoms with Crippen LogP contribution >= 0.6 is 11.6 Å². The molecule has 1 amide bonds. The van der Waals surface area contributed by atoms with Crippen LogP contribution in [-0.2, 0) is 6.18 Å². The van der Waals surface area contributed by atoms with Gasteiger partial charge in [-0.3, -0.25) is 4.79 Å². The van der Waals surface area contributed by atoms with E-state index in [2.05, 4.69) is 4.98 Å². The molecule has 0 aromatic carbocycles. The van der Waals surface area contributed by atoms with Crippen LogP contribution in [0.4, 0.5) is 18.9 Å². The third-order valence-electron chi connectivity index (χ3n) is 1.91. The number of nitrogen functional groups attached to an aromatic ring is 1. The van der Waals surface area contributed by atoms with Crippen molar-refractivity contribution in [2.45, 2.75) is 13.1 Å². The maximum absolute atomic E-state index is 12.7. The van der Waals surface area contributed by atoms with Gasteiger partial charge in [-0.15, -0.1) is 0 Å². The zero-order chi connectivity index (χ0) is 12.7. The molecule has 1 aromatic heterocycles. The fourth-order valence-electron chi connectivity index (χ4n) is 1.20. The molecular weight excluding hydrogens is 247 g/mol. The number of amides is 1. The quantitative estimate of drug-likeness (QED) is 0.748. The molecule has 4 nitrogen and oxygen atoms in total. The lowest BCUT2D eigenvalue weighted by Crippen LogP contribution is -2.22. The number of hydrogen-bond acceptors (Lipinski definition) is 3. The third-order valence-corrected chi connectivity index (χ3v) is 2.18. The van der Waals surface area contributed by atoms with Gasteiger partial charge in [0.15, 0.2) is 0 Å². The molecule has 1 heterocycles. The molecule has 0 bridgehead atoms. The summed E-state index contributed by atoms with van der Waals surface area (Å²) in [6.07, 6.45) is -4.81. The Morgan fingerprint density at radius 3 is 2.31 bits per heavy atom. The number of halogens is 4. The molecule has 4 N–H and O–H groups in total. The molecular formula is C8H7ClF3N3O. The van der Waals surface area contributed by atoms with Gasteiger partial charge in [-0.2, -0.15) is 13.2 Å². The molecule has 1 aromatic rings. The molecule has 0 aliphatic rings. The highest BCUT2D eigenvalue weighted by atomic mass is 35.5. The van der Waals surface area contributed by atoms with Gasteiger partial charge in [-0.05, 0) is 6.92 Å². The first-order valence-corrected chi connectivity index (χ1v) is 4.36. The Morgan fingerprint density at radius 2 is 1.94 bits per heavy atom. The van der Waals surface area contributed by atoms with Crippen molar-refractivity contribution in [3.05, 3.63) is 22.0 Å². The van der Waals surface area contributed by atoms with Crippen LogP contribution in [0.25, 0.3) is 0 Å². The Balaban J connectivity index is 3.72.